The minimum Gasteiger partial charge on any atom is -0.336 e. The lowest BCUT2D eigenvalue weighted by Gasteiger charge is -2.28. The van der Waals surface area contributed by atoms with Crippen LogP contribution in [-0.2, 0) is 6.42 Å². The minimum atomic E-state index is -0.630. The van der Waals surface area contributed by atoms with E-state index in [1.54, 1.807) is 4.90 Å². The zero-order chi connectivity index (χ0) is 11.5. The van der Waals surface area contributed by atoms with Crippen LogP contribution in [0.3, 0.4) is 0 Å². The molecule has 0 bridgehead atoms. The summed E-state index contributed by atoms with van der Waals surface area (Å²) in [5.41, 5.74) is 1.81. The zero-order valence-electron chi connectivity index (χ0n) is 8.69. The molecule has 82 valence electrons. The normalized spacial score (nSPS) is 16.5. The number of carbonyl (C=O) groups excluding carboxylic acids is 1. The average Bonchev–Trinajstić information content (AvgIpc) is 2.33. The highest BCUT2D eigenvalue weighted by atomic mass is 35.5. The summed E-state index contributed by atoms with van der Waals surface area (Å²) in [5.74, 6) is -0.0252. The van der Waals surface area contributed by atoms with Crippen molar-refractivity contribution in [1.29, 1.82) is 5.26 Å². The third kappa shape index (κ3) is 2.02. The molecule has 1 aliphatic heterocycles. The molecule has 0 radical (unpaired) electrons. The molecule has 0 fully saturated rings. The largest absolute Gasteiger partial charge is 0.336 e. The molecule has 1 aromatic rings. The fourth-order valence-electron chi connectivity index (χ4n) is 1.88. The van der Waals surface area contributed by atoms with Crippen molar-refractivity contribution < 1.29 is 4.79 Å². The molecule has 0 saturated heterocycles. The van der Waals surface area contributed by atoms with Gasteiger partial charge < -0.3 is 4.90 Å². The van der Waals surface area contributed by atoms with Crippen LogP contribution in [0, 0.1) is 11.3 Å². The van der Waals surface area contributed by atoms with E-state index in [0.29, 0.717) is 13.1 Å². The first-order chi connectivity index (χ1) is 7.72. The quantitative estimate of drug-likeness (QED) is 0.733. The smallest absolute Gasteiger partial charge is 0.254 e. The third-order valence-electron chi connectivity index (χ3n) is 2.71. The summed E-state index contributed by atoms with van der Waals surface area (Å²) in [5, 5.41) is 8.00. The van der Waals surface area contributed by atoms with Crippen molar-refractivity contribution in [3.8, 4) is 6.07 Å². The van der Waals surface area contributed by atoms with Crippen LogP contribution in [0.4, 0.5) is 0 Å². The first-order valence-corrected chi connectivity index (χ1v) is 5.57. The number of hydrogen-bond donors (Lipinski definition) is 0. The van der Waals surface area contributed by atoms with Gasteiger partial charge in [-0.1, -0.05) is 18.2 Å². The van der Waals surface area contributed by atoms with Crippen molar-refractivity contribution >= 4 is 17.5 Å². The predicted octanol–water partition coefficient (Wildman–Crippen LogP) is 1.82. The van der Waals surface area contributed by atoms with Crippen molar-refractivity contribution in [3.05, 3.63) is 35.4 Å². The summed E-state index contributed by atoms with van der Waals surface area (Å²) in [6, 6.07) is 9.49. The molecule has 1 amide bonds. The summed E-state index contributed by atoms with van der Waals surface area (Å²) < 4.78 is 0. The number of amides is 1. The van der Waals surface area contributed by atoms with Gasteiger partial charge in [-0.2, -0.15) is 5.26 Å². The second-order valence-corrected chi connectivity index (χ2v) is 4.28. The summed E-state index contributed by atoms with van der Waals surface area (Å²) in [4.78, 5) is 13.7. The number of nitrogens with zero attached hydrogens (tertiary/aromatic N) is 2. The molecule has 1 aliphatic rings. The van der Waals surface area contributed by atoms with Gasteiger partial charge in [0.15, 0.2) is 0 Å². The zero-order valence-corrected chi connectivity index (χ0v) is 9.44. The molecular formula is C12H11ClN2O. The molecule has 1 heterocycles. The number of hydrogen-bond acceptors (Lipinski definition) is 2. The van der Waals surface area contributed by atoms with Gasteiger partial charge >= 0.3 is 0 Å². The van der Waals surface area contributed by atoms with Gasteiger partial charge in [0.1, 0.15) is 5.38 Å². The van der Waals surface area contributed by atoms with E-state index in [0.717, 1.165) is 17.5 Å². The maximum Gasteiger partial charge on any atom is 0.254 e. The Balaban J connectivity index is 2.19. The van der Waals surface area contributed by atoms with Gasteiger partial charge in [0.2, 0.25) is 0 Å². The molecule has 0 aliphatic carbocycles. The SMILES string of the molecule is N#CC(Cl)CN1CCc2ccccc2C1=O. The van der Waals surface area contributed by atoms with E-state index < -0.39 is 5.38 Å². The number of fused-ring (bicyclic) bond motifs is 1. The Hall–Kier alpha value is -1.53. The van der Waals surface area contributed by atoms with Crippen molar-refractivity contribution in [2.24, 2.45) is 0 Å². The number of carbonyl (C=O) groups is 1. The second kappa shape index (κ2) is 4.54. The highest BCUT2D eigenvalue weighted by Crippen LogP contribution is 2.19. The van der Waals surface area contributed by atoms with E-state index in [1.165, 1.54) is 0 Å². The van der Waals surface area contributed by atoms with Crippen LogP contribution in [0.2, 0.25) is 0 Å². The molecule has 0 spiro atoms. The number of alkyl halides is 1. The molecule has 4 heteroatoms. The molecule has 0 aromatic heterocycles. The van der Waals surface area contributed by atoms with Gasteiger partial charge in [-0.15, -0.1) is 11.6 Å². The van der Waals surface area contributed by atoms with Crippen LogP contribution in [0.1, 0.15) is 15.9 Å². The van der Waals surface area contributed by atoms with Gasteiger partial charge in [-0.05, 0) is 18.1 Å². The Morgan fingerprint density at radius 1 is 1.50 bits per heavy atom. The van der Waals surface area contributed by atoms with E-state index >= 15 is 0 Å². The van der Waals surface area contributed by atoms with E-state index in [2.05, 4.69) is 0 Å². The van der Waals surface area contributed by atoms with Crippen LogP contribution >= 0.6 is 11.6 Å². The third-order valence-corrected chi connectivity index (χ3v) is 2.94. The van der Waals surface area contributed by atoms with Gasteiger partial charge in [-0.25, -0.2) is 0 Å². The van der Waals surface area contributed by atoms with E-state index in [4.69, 9.17) is 16.9 Å². The number of nitriles is 1. The lowest BCUT2D eigenvalue weighted by Crippen LogP contribution is -2.40. The molecule has 0 N–H and O–H groups in total. The maximum atomic E-state index is 12.0. The molecule has 0 saturated carbocycles. The average molecular weight is 235 g/mol. The van der Waals surface area contributed by atoms with E-state index in [9.17, 15) is 4.79 Å². The lowest BCUT2D eigenvalue weighted by molar-refractivity contribution is 0.0744. The first kappa shape index (κ1) is 11.0. The van der Waals surface area contributed by atoms with Gasteiger partial charge in [0, 0.05) is 12.1 Å². The van der Waals surface area contributed by atoms with Crippen molar-refractivity contribution in [2.75, 3.05) is 13.1 Å². The highest BCUT2D eigenvalue weighted by Gasteiger charge is 2.25. The number of benzene rings is 1. The summed E-state index contributed by atoms with van der Waals surface area (Å²) in [6.07, 6.45) is 0.830. The molecular weight excluding hydrogens is 224 g/mol. The summed E-state index contributed by atoms with van der Waals surface area (Å²) in [7, 11) is 0. The summed E-state index contributed by atoms with van der Waals surface area (Å²) >= 11 is 5.74. The van der Waals surface area contributed by atoms with Crippen LogP contribution in [0.15, 0.2) is 24.3 Å². The van der Waals surface area contributed by atoms with Crippen LogP contribution in [-0.4, -0.2) is 29.3 Å². The van der Waals surface area contributed by atoms with Crippen LogP contribution < -0.4 is 0 Å². The van der Waals surface area contributed by atoms with Crippen LogP contribution in [0.25, 0.3) is 0 Å². The standard InChI is InChI=1S/C12H11ClN2O/c13-10(7-14)8-15-6-5-9-3-1-2-4-11(9)12(15)16/h1-4,10H,5-6,8H2. The second-order valence-electron chi connectivity index (χ2n) is 3.75. The first-order valence-electron chi connectivity index (χ1n) is 5.13. The molecule has 16 heavy (non-hydrogen) atoms. The Kier molecular flexibility index (Phi) is 3.12. The minimum absolute atomic E-state index is 0.0252. The number of rotatable bonds is 2. The molecule has 1 unspecified atom stereocenters. The highest BCUT2D eigenvalue weighted by molar-refractivity contribution is 6.22. The van der Waals surface area contributed by atoms with Crippen molar-refractivity contribution in [2.45, 2.75) is 11.8 Å². The van der Waals surface area contributed by atoms with Gasteiger partial charge in [0.05, 0.1) is 12.6 Å². The van der Waals surface area contributed by atoms with Gasteiger partial charge in [-0.3, -0.25) is 4.79 Å². The van der Waals surface area contributed by atoms with Crippen LogP contribution in [0.5, 0.6) is 0 Å². The Morgan fingerprint density at radius 2 is 2.25 bits per heavy atom. The Labute approximate surface area is 99.2 Å². The van der Waals surface area contributed by atoms with E-state index in [1.807, 2.05) is 30.3 Å². The molecule has 3 nitrogen and oxygen atoms in total. The lowest BCUT2D eigenvalue weighted by atomic mass is 9.99. The topological polar surface area (TPSA) is 44.1 Å². The Bertz CT molecular complexity index is 453. The molecule has 2 rings (SSSR count). The van der Waals surface area contributed by atoms with Crippen molar-refractivity contribution in [3.63, 3.8) is 0 Å². The fourth-order valence-corrected chi connectivity index (χ4v) is 2.05. The predicted molar refractivity (Wildman–Crippen MR) is 61.3 cm³/mol. The monoisotopic (exact) mass is 234 g/mol. The maximum absolute atomic E-state index is 12.0. The Morgan fingerprint density at radius 3 is 3.00 bits per heavy atom. The van der Waals surface area contributed by atoms with Crippen molar-refractivity contribution in [1.82, 2.24) is 4.90 Å². The fraction of sp³-hybridized carbons (Fsp3) is 0.333. The molecule has 1 atom stereocenters. The van der Waals surface area contributed by atoms with E-state index in [-0.39, 0.29) is 5.91 Å². The number of halogens is 1. The summed E-state index contributed by atoms with van der Waals surface area (Å²) in [6.45, 7) is 0.936. The van der Waals surface area contributed by atoms with Gasteiger partial charge in [0.25, 0.3) is 5.91 Å². The molecule has 1 aromatic carbocycles.